The van der Waals surface area contributed by atoms with Crippen molar-refractivity contribution in [2.75, 3.05) is 13.2 Å². The van der Waals surface area contributed by atoms with E-state index in [0.29, 0.717) is 12.1 Å². The molecule has 1 N–H and O–H groups in total. The highest BCUT2D eigenvalue weighted by Gasteiger charge is 2.14. The van der Waals surface area contributed by atoms with E-state index in [2.05, 4.69) is 15.1 Å². The molecule has 0 saturated heterocycles. The Morgan fingerprint density at radius 2 is 2.70 bits per heavy atom. The lowest BCUT2D eigenvalue weighted by Crippen LogP contribution is -2.24. The van der Waals surface area contributed by atoms with Crippen LogP contribution in [0.2, 0.25) is 0 Å². The lowest BCUT2D eigenvalue weighted by molar-refractivity contribution is -0.221. The van der Waals surface area contributed by atoms with Crippen molar-refractivity contribution in [3.8, 4) is 0 Å². The monoisotopic (exact) mass is 143 g/mol. The predicted octanol–water partition coefficient (Wildman–Crippen LogP) is -0.0318. The van der Waals surface area contributed by atoms with Gasteiger partial charge in [-0.05, 0) is 6.92 Å². The summed E-state index contributed by atoms with van der Waals surface area (Å²) in [5.74, 6) is -0.125. The summed E-state index contributed by atoms with van der Waals surface area (Å²) < 4.78 is 0. The summed E-state index contributed by atoms with van der Waals surface area (Å²) in [6, 6.07) is 0. The van der Waals surface area contributed by atoms with Crippen molar-refractivity contribution in [3.63, 3.8) is 0 Å². The molecule has 1 amide bonds. The minimum atomic E-state index is -0.125. The van der Waals surface area contributed by atoms with Crippen LogP contribution >= 0.6 is 0 Å². The zero-order chi connectivity index (χ0) is 7.40. The molecule has 0 radical (unpaired) electrons. The second kappa shape index (κ2) is 3.22. The number of nitrogens with one attached hydrogen (secondary N) is 1. The molecular formula is C6H9NO3. The van der Waals surface area contributed by atoms with Gasteiger partial charge in [-0.25, -0.2) is 0 Å². The maximum absolute atomic E-state index is 10.9. The standard InChI is InChI=1S/C6H9NO3/c1-2-7-6(8)5-3-9-10-4-5/h3H,2,4H2,1H3,(H,7,8). The highest BCUT2D eigenvalue weighted by molar-refractivity contribution is 5.93. The van der Waals surface area contributed by atoms with E-state index < -0.39 is 0 Å². The van der Waals surface area contributed by atoms with Gasteiger partial charge in [-0.2, -0.15) is 4.89 Å². The molecule has 0 spiro atoms. The first-order valence-electron chi connectivity index (χ1n) is 3.10. The molecule has 1 aliphatic rings. The SMILES string of the molecule is CCNC(=O)C1=COOC1. The third kappa shape index (κ3) is 1.48. The van der Waals surface area contributed by atoms with E-state index >= 15 is 0 Å². The van der Waals surface area contributed by atoms with E-state index in [-0.39, 0.29) is 12.5 Å². The van der Waals surface area contributed by atoms with Crippen LogP contribution in [0, 0.1) is 0 Å². The minimum Gasteiger partial charge on any atom is -0.352 e. The Morgan fingerprint density at radius 1 is 1.90 bits per heavy atom. The highest BCUT2D eigenvalue weighted by Crippen LogP contribution is 2.04. The van der Waals surface area contributed by atoms with Crippen LogP contribution in [-0.4, -0.2) is 19.1 Å². The van der Waals surface area contributed by atoms with Gasteiger partial charge in [0.25, 0.3) is 5.91 Å². The van der Waals surface area contributed by atoms with Gasteiger partial charge in [0.1, 0.15) is 12.9 Å². The van der Waals surface area contributed by atoms with Crippen LogP contribution in [0.25, 0.3) is 0 Å². The van der Waals surface area contributed by atoms with Gasteiger partial charge in [-0.15, -0.1) is 0 Å². The fraction of sp³-hybridized carbons (Fsp3) is 0.500. The molecule has 4 heteroatoms. The number of amides is 1. The number of hydrogen-bond acceptors (Lipinski definition) is 3. The Labute approximate surface area is 58.7 Å². The van der Waals surface area contributed by atoms with Crippen molar-refractivity contribution in [1.29, 1.82) is 0 Å². The molecule has 0 atom stereocenters. The topological polar surface area (TPSA) is 47.6 Å². The summed E-state index contributed by atoms with van der Waals surface area (Å²) in [6.07, 6.45) is 1.31. The van der Waals surface area contributed by atoms with E-state index in [1.807, 2.05) is 6.92 Å². The number of likely N-dealkylation sites (N-methyl/N-ethyl adjacent to an activating group) is 1. The largest absolute Gasteiger partial charge is 0.352 e. The normalized spacial score (nSPS) is 15.9. The minimum absolute atomic E-state index is 0.125. The molecule has 0 aliphatic carbocycles. The second-order valence-corrected chi connectivity index (χ2v) is 1.86. The summed E-state index contributed by atoms with van der Waals surface area (Å²) in [7, 11) is 0. The molecule has 0 unspecified atom stereocenters. The molecule has 1 aliphatic heterocycles. The van der Waals surface area contributed by atoms with Crippen LogP contribution in [0.5, 0.6) is 0 Å². The second-order valence-electron chi connectivity index (χ2n) is 1.86. The number of rotatable bonds is 2. The van der Waals surface area contributed by atoms with Crippen LogP contribution < -0.4 is 5.32 Å². The lowest BCUT2D eigenvalue weighted by atomic mass is 10.3. The number of carbonyl (C=O) groups is 1. The third-order valence-electron chi connectivity index (χ3n) is 1.10. The van der Waals surface area contributed by atoms with Gasteiger partial charge in [0.05, 0.1) is 5.57 Å². The molecule has 0 aromatic rings. The van der Waals surface area contributed by atoms with Crippen LogP contribution in [0.1, 0.15) is 6.92 Å². The van der Waals surface area contributed by atoms with Gasteiger partial charge >= 0.3 is 0 Å². The Balaban J connectivity index is 2.40. The van der Waals surface area contributed by atoms with Gasteiger partial charge < -0.3 is 10.2 Å². The summed E-state index contributed by atoms with van der Waals surface area (Å²) in [5.41, 5.74) is 0.529. The first-order chi connectivity index (χ1) is 4.84. The molecule has 4 nitrogen and oxygen atoms in total. The lowest BCUT2D eigenvalue weighted by Gasteiger charge is -1.97. The molecule has 10 heavy (non-hydrogen) atoms. The zero-order valence-corrected chi connectivity index (χ0v) is 5.72. The Morgan fingerprint density at radius 3 is 3.20 bits per heavy atom. The molecule has 0 fully saturated rings. The van der Waals surface area contributed by atoms with Gasteiger partial charge in [0.2, 0.25) is 0 Å². The summed E-state index contributed by atoms with van der Waals surface area (Å²) in [5, 5.41) is 2.62. The average Bonchev–Trinajstić information content (AvgIpc) is 2.38. The molecule has 0 saturated carbocycles. The summed E-state index contributed by atoms with van der Waals surface area (Å²) in [4.78, 5) is 19.8. The molecule has 0 bridgehead atoms. The molecular weight excluding hydrogens is 134 g/mol. The van der Waals surface area contributed by atoms with E-state index in [0.717, 1.165) is 0 Å². The van der Waals surface area contributed by atoms with E-state index in [1.54, 1.807) is 0 Å². The molecule has 0 aromatic carbocycles. The Bertz CT molecular complexity index is 164. The first kappa shape index (κ1) is 7.08. The molecule has 56 valence electrons. The van der Waals surface area contributed by atoms with E-state index in [9.17, 15) is 4.79 Å². The van der Waals surface area contributed by atoms with Crippen LogP contribution in [0.4, 0.5) is 0 Å². The quantitative estimate of drug-likeness (QED) is 0.552. The maximum Gasteiger partial charge on any atom is 0.252 e. The average molecular weight is 143 g/mol. The highest BCUT2D eigenvalue weighted by atomic mass is 17.2. The summed E-state index contributed by atoms with van der Waals surface area (Å²) in [6.45, 7) is 2.72. The van der Waals surface area contributed by atoms with Crippen molar-refractivity contribution in [3.05, 3.63) is 11.8 Å². The zero-order valence-electron chi connectivity index (χ0n) is 5.72. The number of hydrogen-bond donors (Lipinski definition) is 1. The van der Waals surface area contributed by atoms with Crippen LogP contribution in [0.15, 0.2) is 11.8 Å². The van der Waals surface area contributed by atoms with Crippen molar-refractivity contribution in [2.24, 2.45) is 0 Å². The fourth-order valence-corrected chi connectivity index (χ4v) is 0.617. The van der Waals surface area contributed by atoms with Crippen molar-refractivity contribution < 1.29 is 14.6 Å². The smallest absolute Gasteiger partial charge is 0.252 e. The van der Waals surface area contributed by atoms with Gasteiger partial charge in [-0.3, -0.25) is 4.79 Å². The van der Waals surface area contributed by atoms with Crippen molar-refractivity contribution >= 4 is 5.91 Å². The Kier molecular flexibility index (Phi) is 2.28. The van der Waals surface area contributed by atoms with E-state index in [1.165, 1.54) is 6.26 Å². The molecule has 0 aromatic heterocycles. The maximum atomic E-state index is 10.9. The van der Waals surface area contributed by atoms with Crippen LogP contribution in [-0.2, 0) is 14.6 Å². The fourth-order valence-electron chi connectivity index (χ4n) is 0.617. The van der Waals surface area contributed by atoms with Gasteiger partial charge in [-0.1, -0.05) is 0 Å². The van der Waals surface area contributed by atoms with Gasteiger partial charge in [0, 0.05) is 6.54 Å². The number of carbonyl (C=O) groups excluding carboxylic acids is 1. The van der Waals surface area contributed by atoms with Crippen molar-refractivity contribution in [2.45, 2.75) is 6.92 Å². The van der Waals surface area contributed by atoms with E-state index in [4.69, 9.17) is 0 Å². The first-order valence-corrected chi connectivity index (χ1v) is 3.10. The summed E-state index contributed by atoms with van der Waals surface area (Å²) >= 11 is 0. The Hall–Kier alpha value is -1.03. The predicted molar refractivity (Wildman–Crippen MR) is 33.8 cm³/mol. The van der Waals surface area contributed by atoms with Crippen LogP contribution in [0.3, 0.4) is 0 Å². The van der Waals surface area contributed by atoms with Crippen molar-refractivity contribution in [1.82, 2.24) is 5.32 Å². The molecule has 1 heterocycles. The third-order valence-corrected chi connectivity index (χ3v) is 1.10. The molecule has 1 rings (SSSR count). The van der Waals surface area contributed by atoms with Gasteiger partial charge in [0.15, 0.2) is 0 Å².